The van der Waals surface area contributed by atoms with Gasteiger partial charge in [-0.25, -0.2) is 4.79 Å². The Hall–Kier alpha value is -1.75. The van der Waals surface area contributed by atoms with E-state index in [-0.39, 0.29) is 11.8 Å². The molecule has 0 unspecified atom stereocenters. The van der Waals surface area contributed by atoms with Crippen LogP contribution in [0, 0.1) is 0 Å². The molecular weight excluding hydrogens is 244 g/mol. The molecule has 5 nitrogen and oxygen atoms in total. The van der Waals surface area contributed by atoms with Crippen LogP contribution in [-0.2, 0) is 11.2 Å². The van der Waals surface area contributed by atoms with Crippen molar-refractivity contribution in [3.8, 4) is 0 Å². The molecule has 1 heterocycles. The van der Waals surface area contributed by atoms with Crippen LogP contribution in [0.4, 0.5) is 0 Å². The second-order valence-electron chi connectivity index (χ2n) is 3.58. The van der Waals surface area contributed by atoms with Gasteiger partial charge in [0.05, 0.1) is 5.52 Å². The Bertz CT molecular complexity index is 588. The van der Waals surface area contributed by atoms with Crippen LogP contribution in [0.5, 0.6) is 0 Å². The van der Waals surface area contributed by atoms with Gasteiger partial charge in [-0.3, -0.25) is 9.78 Å². The zero-order valence-electron chi connectivity index (χ0n) is 8.96. The summed E-state index contributed by atoms with van der Waals surface area (Å²) in [5, 5.41) is 2.67. The first-order valence-corrected chi connectivity index (χ1v) is 5.67. The SMILES string of the molecule is O=C(CCl)NCCc1ccc2oc(=O)[nH]c2c1. The van der Waals surface area contributed by atoms with Crippen molar-refractivity contribution in [1.82, 2.24) is 10.3 Å². The molecule has 2 rings (SSSR count). The number of carbonyl (C=O) groups is 1. The molecule has 2 N–H and O–H groups in total. The number of nitrogens with one attached hydrogen (secondary N) is 2. The summed E-state index contributed by atoms with van der Waals surface area (Å²) in [6.45, 7) is 0.513. The standard InChI is InChI=1S/C11H11ClN2O3/c12-6-10(15)13-4-3-7-1-2-9-8(5-7)14-11(16)17-9/h1-2,5H,3-4,6H2,(H,13,15)(H,14,16). The number of H-pyrrole nitrogens is 1. The molecule has 0 aliphatic rings. The van der Waals surface area contributed by atoms with Gasteiger partial charge in [-0.2, -0.15) is 0 Å². The van der Waals surface area contributed by atoms with Crippen LogP contribution < -0.4 is 11.1 Å². The minimum absolute atomic E-state index is 0.0336. The predicted molar refractivity (Wildman–Crippen MR) is 64.3 cm³/mol. The zero-order chi connectivity index (χ0) is 12.3. The average molecular weight is 255 g/mol. The van der Waals surface area contributed by atoms with E-state index < -0.39 is 5.76 Å². The number of benzene rings is 1. The van der Waals surface area contributed by atoms with E-state index in [1.54, 1.807) is 6.07 Å². The molecule has 0 radical (unpaired) electrons. The first kappa shape index (κ1) is 11.7. The number of carbonyl (C=O) groups excluding carboxylic acids is 1. The van der Waals surface area contributed by atoms with Crippen LogP contribution in [0.2, 0.25) is 0 Å². The summed E-state index contributed by atoms with van der Waals surface area (Å²) in [6, 6.07) is 5.41. The number of hydrogen-bond donors (Lipinski definition) is 2. The van der Waals surface area contributed by atoms with Crippen LogP contribution in [-0.4, -0.2) is 23.3 Å². The Morgan fingerprint density at radius 1 is 1.47 bits per heavy atom. The summed E-state index contributed by atoms with van der Waals surface area (Å²) in [4.78, 5) is 24.4. The molecule has 0 spiro atoms. The second kappa shape index (κ2) is 5.05. The summed E-state index contributed by atoms with van der Waals surface area (Å²) in [5.74, 6) is -0.689. The Morgan fingerprint density at radius 2 is 2.29 bits per heavy atom. The van der Waals surface area contributed by atoms with Gasteiger partial charge in [0.1, 0.15) is 5.88 Å². The smallest absolute Gasteiger partial charge is 0.408 e. The fourth-order valence-electron chi connectivity index (χ4n) is 1.55. The maximum Gasteiger partial charge on any atom is 0.417 e. The van der Waals surface area contributed by atoms with Crippen LogP contribution in [0.1, 0.15) is 5.56 Å². The van der Waals surface area contributed by atoms with E-state index in [0.29, 0.717) is 24.1 Å². The molecule has 0 bridgehead atoms. The molecule has 1 amide bonds. The van der Waals surface area contributed by atoms with E-state index in [9.17, 15) is 9.59 Å². The predicted octanol–water partition coefficient (Wildman–Crippen LogP) is 1.02. The highest BCUT2D eigenvalue weighted by Crippen LogP contribution is 2.12. The summed E-state index contributed by atoms with van der Waals surface area (Å²) in [7, 11) is 0. The molecule has 1 aromatic heterocycles. The Kier molecular flexibility index (Phi) is 3.49. The van der Waals surface area contributed by atoms with Crippen molar-refractivity contribution in [2.45, 2.75) is 6.42 Å². The van der Waals surface area contributed by atoms with Crippen molar-refractivity contribution in [1.29, 1.82) is 0 Å². The highest BCUT2D eigenvalue weighted by molar-refractivity contribution is 6.27. The molecule has 90 valence electrons. The van der Waals surface area contributed by atoms with E-state index in [4.69, 9.17) is 16.0 Å². The Balaban J connectivity index is 2.04. The van der Waals surface area contributed by atoms with E-state index in [1.807, 2.05) is 12.1 Å². The maximum absolute atomic E-state index is 10.9. The normalized spacial score (nSPS) is 10.6. The van der Waals surface area contributed by atoms with Gasteiger partial charge in [0.15, 0.2) is 5.58 Å². The van der Waals surface area contributed by atoms with Crippen molar-refractivity contribution in [2.24, 2.45) is 0 Å². The van der Waals surface area contributed by atoms with Crippen LogP contribution in [0.3, 0.4) is 0 Å². The number of rotatable bonds is 4. The van der Waals surface area contributed by atoms with E-state index in [0.717, 1.165) is 5.56 Å². The lowest BCUT2D eigenvalue weighted by atomic mass is 10.1. The van der Waals surface area contributed by atoms with Gasteiger partial charge in [-0.05, 0) is 24.1 Å². The summed E-state index contributed by atoms with van der Waals surface area (Å²) in [6.07, 6.45) is 0.672. The van der Waals surface area contributed by atoms with Crippen molar-refractivity contribution in [2.75, 3.05) is 12.4 Å². The molecule has 17 heavy (non-hydrogen) atoms. The van der Waals surface area contributed by atoms with E-state index in [2.05, 4.69) is 10.3 Å². The third-order valence-corrected chi connectivity index (χ3v) is 2.58. The Labute approximate surface area is 102 Å². The molecule has 6 heteroatoms. The van der Waals surface area contributed by atoms with Gasteiger partial charge in [-0.1, -0.05) is 6.07 Å². The number of alkyl halides is 1. The second-order valence-corrected chi connectivity index (χ2v) is 3.85. The number of fused-ring (bicyclic) bond motifs is 1. The van der Waals surface area contributed by atoms with Crippen LogP contribution in [0.25, 0.3) is 11.1 Å². The first-order valence-electron chi connectivity index (χ1n) is 5.13. The third kappa shape index (κ3) is 2.88. The molecular formula is C11H11ClN2O3. The summed E-state index contributed by atoms with van der Waals surface area (Å²) >= 11 is 5.35. The van der Waals surface area contributed by atoms with Gasteiger partial charge in [0.2, 0.25) is 5.91 Å². The fourth-order valence-corrected chi connectivity index (χ4v) is 1.64. The lowest BCUT2D eigenvalue weighted by Gasteiger charge is -2.02. The highest BCUT2D eigenvalue weighted by Gasteiger charge is 2.02. The van der Waals surface area contributed by atoms with Gasteiger partial charge >= 0.3 is 5.76 Å². The highest BCUT2D eigenvalue weighted by atomic mass is 35.5. The van der Waals surface area contributed by atoms with E-state index >= 15 is 0 Å². The zero-order valence-corrected chi connectivity index (χ0v) is 9.71. The third-order valence-electron chi connectivity index (χ3n) is 2.34. The number of oxazole rings is 1. The number of aromatic amines is 1. The molecule has 0 fully saturated rings. The first-order chi connectivity index (χ1) is 8.19. The number of amides is 1. The lowest BCUT2D eigenvalue weighted by Crippen LogP contribution is -2.26. The quantitative estimate of drug-likeness (QED) is 0.800. The molecule has 2 aromatic rings. The lowest BCUT2D eigenvalue weighted by molar-refractivity contribution is -0.118. The van der Waals surface area contributed by atoms with Gasteiger partial charge < -0.3 is 9.73 Å². The van der Waals surface area contributed by atoms with Gasteiger partial charge in [-0.15, -0.1) is 11.6 Å². The van der Waals surface area contributed by atoms with Gasteiger partial charge in [0, 0.05) is 6.54 Å². The van der Waals surface area contributed by atoms with Crippen molar-refractivity contribution < 1.29 is 9.21 Å². The molecule has 0 saturated carbocycles. The number of aromatic nitrogens is 1. The summed E-state index contributed by atoms with van der Waals surface area (Å²) < 4.78 is 4.88. The fraction of sp³-hybridized carbons (Fsp3) is 0.273. The number of halogens is 1. The average Bonchev–Trinajstić information content (AvgIpc) is 2.68. The van der Waals surface area contributed by atoms with Crippen molar-refractivity contribution >= 4 is 28.6 Å². The molecule has 0 aliphatic heterocycles. The maximum atomic E-state index is 10.9. The van der Waals surface area contributed by atoms with Crippen LogP contribution >= 0.6 is 11.6 Å². The van der Waals surface area contributed by atoms with Gasteiger partial charge in [0.25, 0.3) is 0 Å². The molecule has 0 atom stereocenters. The molecule has 0 saturated heterocycles. The van der Waals surface area contributed by atoms with Crippen LogP contribution in [0.15, 0.2) is 27.4 Å². The van der Waals surface area contributed by atoms with E-state index in [1.165, 1.54) is 0 Å². The Morgan fingerprint density at radius 3 is 3.06 bits per heavy atom. The molecule has 0 aliphatic carbocycles. The largest absolute Gasteiger partial charge is 0.417 e. The monoisotopic (exact) mass is 254 g/mol. The molecule has 1 aromatic carbocycles. The van der Waals surface area contributed by atoms with Crippen molar-refractivity contribution in [3.63, 3.8) is 0 Å². The topological polar surface area (TPSA) is 75.1 Å². The minimum atomic E-state index is -0.465. The summed E-state index contributed by atoms with van der Waals surface area (Å²) in [5.41, 5.74) is 2.20. The minimum Gasteiger partial charge on any atom is -0.408 e. The number of hydrogen-bond acceptors (Lipinski definition) is 3. The van der Waals surface area contributed by atoms with Crippen molar-refractivity contribution in [3.05, 3.63) is 34.3 Å².